The molecule has 158 valence electrons. The van der Waals surface area contributed by atoms with Crippen LogP contribution >= 0.6 is 11.3 Å². The van der Waals surface area contributed by atoms with Gasteiger partial charge in [0.05, 0.1) is 10.2 Å². The lowest BCUT2D eigenvalue weighted by atomic mass is 9.87. The summed E-state index contributed by atoms with van der Waals surface area (Å²) in [6, 6.07) is 22.2. The molecule has 2 atom stereocenters. The van der Waals surface area contributed by atoms with E-state index in [0.29, 0.717) is 17.4 Å². The van der Waals surface area contributed by atoms with Gasteiger partial charge in [0.15, 0.2) is 0 Å². The fraction of sp³-hybridized carbons (Fsp3) is 0.259. The Bertz CT molecular complexity index is 1190. The van der Waals surface area contributed by atoms with Crippen LogP contribution in [0.5, 0.6) is 0 Å². The van der Waals surface area contributed by atoms with Gasteiger partial charge in [0.25, 0.3) is 5.91 Å². The molecule has 0 aliphatic rings. The molecule has 0 radical (unpaired) electrons. The van der Waals surface area contributed by atoms with E-state index in [1.165, 1.54) is 15.8 Å². The summed E-state index contributed by atoms with van der Waals surface area (Å²) >= 11 is 1.69. The van der Waals surface area contributed by atoms with E-state index in [0.717, 1.165) is 28.2 Å². The average Bonchev–Trinajstić information content (AvgIpc) is 3.21. The van der Waals surface area contributed by atoms with Crippen LogP contribution in [0.15, 0.2) is 66.7 Å². The summed E-state index contributed by atoms with van der Waals surface area (Å²) in [5.74, 6) is 1.02. The van der Waals surface area contributed by atoms with Crippen LogP contribution in [-0.2, 0) is 0 Å². The lowest BCUT2D eigenvalue weighted by Crippen LogP contribution is -2.12. The highest BCUT2D eigenvalue weighted by Crippen LogP contribution is 2.31. The summed E-state index contributed by atoms with van der Waals surface area (Å²) in [6.45, 7) is 8.82. The number of aromatic nitrogens is 1. The molecule has 4 rings (SSSR count). The summed E-state index contributed by atoms with van der Waals surface area (Å²) in [4.78, 5) is 17.4. The van der Waals surface area contributed by atoms with Crippen molar-refractivity contribution in [3.05, 3.63) is 83.4 Å². The van der Waals surface area contributed by atoms with Gasteiger partial charge < -0.3 is 5.32 Å². The number of benzene rings is 3. The van der Waals surface area contributed by atoms with Gasteiger partial charge in [-0.3, -0.25) is 4.79 Å². The molecule has 1 aromatic heterocycles. The third-order valence-electron chi connectivity index (χ3n) is 6.13. The zero-order valence-electron chi connectivity index (χ0n) is 18.5. The molecular formula is C27H28N2OS. The largest absolute Gasteiger partial charge is 0.322 e. The van der Waals surface area contributed by atoms with Crippen molar-refractivity contribution in [3.63, 3.8) is 0 Å². The van der Waals surface area contributed by atoms with Crippen molar-refractivity contribution in [1.82, 2.24) is 4.98 Å². The van der Waals surface area contributed by atoms with Crippen LogP contribution in [0.25, 0.3) is 20.8 Å². The molecule has 2 unspecified atom stereocenters. The third kappa shape index (κ3) is 4.70. The zero-order valence-corrected chi connectivity index (χ0v) is 19.3. The Labute approximate surface area is 188 Å². The van der Waals surface area contributed by atoms with E-state index in [4.69, 9.17) is 4.98 Å². The van der Waals surface area contributed by atoms with Crippen molar-refractivity contribution in [2.45, 2.75) is 40.0 Å². The van der Waals surface area contributed by atoms with E-state index in [9.17, 15) is 4.79 Å². The lowest BCUT2D eigenvalue weighted by Gasteiger charge is -2.18. The molecule has 1 N–H and O–H groups in total. The average molecular weight is 429 g/mol. The molecule has 0 saturated carbocycles. The molecule has 0 fully saturated rings. The zero-order chi connectivity index (χ0) is 22.0. The molecule has 31 heavy (non-hydrogen) atoms. The predicted molar refractivity (Wildman–Crippen MR) is 132 cm³/mol. The van der Waals surface area contributed by atoms with Crippen LogP contribution in [0.2, 0.25) is 0 Å². The van der Waals surface area contributed by atoms with Crippen molar-refractivity contribution in [2.75, 3.05) is 5.32 Å². The number of anilines is 1. The molecule has 0 aliphatic carbocycles. The van der Waals surface area contributed by atoms with E-state index < -0.39 is 0 Å². The molecule has 4 heteroatoms. The standard InChI is InChI=1S/C27H28N2OS/c1-5-18(3)19(4)20-7-9-21(10-8-20)26(30)28-23-13-11-22(12-14-23)27-29-24-15-6-17(2)16-25(24)31-27/h6-16,18-19H,5H2,1-4H3,(H,28,30). The van der Waals surface area contributed by atoms with Gasteiger partial charge >= 0.3 is 0 Å². The van der Waals surface area contributed by atoms with Crippen LogP contribution < -0.4 is 5.32 Å². The molecular weight excluding hydrogens is 400 g/mol. The number of carbonyl (C=O) groups excluding carboxylic acids is 1. The fourth-order valence-electron chi connectivity index (χ4n) is 3.67. The number of hydrogen-bond acceptors (Lipinski definition) is 3. The Balaban J connectivity index is 1.45. The normalized spacial score (nSPS) is 13.2. The highest BCUT2D eigenvalue weighted by Gasteiger charge is 2.14. The molecule has 1 amide bonds. The van der Waals surface area contributed by atoms with Crippen LogP contribution in [0, 0.1) is 12.8 Å². The van der Waals surface area contributed by atoms with Crippen LogP contribution in [-0.4, -0.2) is 10.9 Å². The van der Waals surface area contributed by atoms with Gasteiger partial charge in [0.1, 0.15) is 5.01 Å². The van der Waals surface area contributed by atoms with Gasteiger partial charge in [-0.2, -0.15) is 0 Å². The SMILES string of the molecule is CCC(C)C(C)c1ccc(C(=O)Nc2ccc(-c3nc4ccc(C)cc4s3)cc2)cc1. The molecule has 0 saturated heterocycles. The summed E-state index contributed by atoms with van der Waals surface area (Å²) in [5.41, 5.74) is 6.05. The third-order valence-corrected chi connectivity index (χ3v) is 7.20. The monoisotopic (exact) mass is 428 g/mol. The first kappa shape index (κ1) is 21.3. The van der Waals surface area contributed by atoms with Crippen molar-refractivity contribution < 1.29 is 4.79 Å². The first-order valence-corrected chi connectivity index (χ1v) is 11.6. The molecule has 3 aromatic carbocycles. The Morgan fingerprint density at radius 3 is 2.39 bits per heavy atom. The fourth-order valence-corrected chi connectivity index (χ4v) is 4.74. The minimum atomic E-state index is -0.0917. The first-order valence-electron chi connectivity index (χ1n) is 10.8. The van der Waals surface area contributed by atoms with Crippen molar-refractivity contribution in [1.29, 1.82) is 0 Å². The number of nitrogens with one attached hydrogen (secondary N) is 1. The van der Waals surface area contributed by atoms with Crippen molar-refractivity contribution in [3.8, 4) is 10.6 Å². The Hall–Kier alpha value is -2.98. The number of rotatable bonds is 6. The summed E-state index contributed by atoms with van der Waals surface area (Å²) < 4.78 is 1.19. The Morgan fingerprint density at radius 1 is 1.00 bits per heavy atom. The molecule has 4 aromatic rings. The number of hydrogen-bond donors (Lipinski definition) is 1. The molecule has 3 nitrogen and oxygen atoms in total. The maximum Gasteiger partial charge on any atom is 0.255 e. The van der Waals surface area contributed by atoms with E-state index in [1.807, 2.05) is 36.4 Å². The van der Waals surface area contributed by atoms with Crippen LogP contribution in [0.4, 0.5) is 5.69 Å². The molecule has 0 aliphatic heterocycles. The topological polar surface area (TPSA) is 42.0 Å². The Kier molecular flexibility index (Phi) is 6.19. The highest BCUT2D eigenvalue weighted by molar-refractivity contribution is 7.21. The van der Waals surface area contributed by atoms with E-state index in [2.05, 4.69) is 63.3 Å². The maximum absolute atomic E-state index is 12.7. The van der Waals surface area contributed by atoms with E-state index >= 15 is 0 Å². The Morgan fingerprint density at radius 2 is 1.71 bits per heavy atom. The first-order chi connectivity index (χ1) is 14.9. The van der Waals surface area contributed by atoms with Gasteiger partial charge in [0, 0.05) is 16.8 Å². The number of nitrogens with zero attached hydrogens (tertiary/aromatic N) is 1. The predicted octanol–water partition coefficient (Wildman–Crippen LogP) is 7.67. The van der Waals surface area contributed by atoms with Crippen molar-refractivity contribution >= 4 is 33.1 Å². The summed E-state index contributed by atoms with van der Waals surface area (Å²) in [7, 11) is 0. The van der Waals surface area contributed by atoms with E-state index in [1.54, 1.807) is 11.3 Å². The smallest absolute Gasteiger partial charge is 0.255 e. The quantitative estimate of drug-likeness (QED) is 0.342. The maximum atomic E-state index is 12.7. The number of thiazole rings is 1. The number of amides is 1. The lowest BCUT2D eigenvalue weighted by molar-refractivity contribution is 0.102. The summed E-state index contributed by atoms with van der Waals surface area (Å²) in [5, 5.41) is 3.99. The molecule has 1 heterocycles. The van der Waals surface area contributed by atoms with Crippen molar-refractivity contribution in [2.24, 2.45) is 5.92 Å². The number of fused-ring (bicyclic) bond motifs is 1. The minimum Gasteiger partial charge on any atom is -0.322 e. The number of carbonyl (C=O) groups is 1. The van der Waals surface area contributed by atoms with Gasteiger partial charge in [-0.05, 0) is 78.4 Å². The second kappa shape index (κ2) is 9.03. The second-order valence-corrected chi connectivity index (χ2v) is 9.35. The van der Waals surface area contributed by atoms with Gasteiger partial charge in [-0.1, -0.05) is 45.4 Å². The number of aryl methyl sites for hydroxylation is 1. The van der Waals surface area contributed by atoms with Gasteiger partial charge in [-0.15, -0.1) is 11.3 Å². The molecule has 0 bridgehead atoms. The van der Waals surface area contributed by atoms with Gasteiger partial charge in [-0.25, -0.2) is 4.98 Å². The van der Waals surface area contributed by atoms with Gasteiger partial charge in [0.2, 0.25) is 0 Å². The van der Waals surface area contributed by atoms with Crippen LogP contribution in [0.1, 0.15) is 54.6 Å². The highest BCUT2D eigenvalue weighted by atomic mass is 32.1. The van der Waals surface area contributed by atoms with E-state index in [-0.39, 0.29) is 5.91 Å². The second-order valence-electron chi connectivity index (χ2n) is 8.32. The summed E-state index contributed by atoms with van der Waals surface area (Å²) in [6.07, 6.45) is 1.15. The molecule has 0 spiro atoms. The van der Waals surface area contributed by atoms with Crippen LogP contribution in [0.3, 0.4) is 0 Å². The minimum absolute atomic E-state index is 0.0917.